The maximum absolute atomic E-state index is 6.42. The Morgan fingerprint density at radius 1 is 1.23 bits per heavy atom. The zero-order valence-electron chi connectivity index (χ0n) is 8.63. The van der Waals surface area contributed by atoms with E-state index in [0.717, 1.165) is 17.8 Å². The molecule has 3 fully saturated rings. The van der Waals surface area contributed by atoms with Gasteiger partial charge in [-0.25, -0.2) is 0 Å². The third kappa shape index (κ3) is 0.918. The lowest BCUT2D eigenvalue weighted by Gasteiger charge is -2.39. The molecule has 1 spiro atoms. The highest BCUT2D eigenvalue weighted by atomic mass is 14.8. The topological polar surface area (TPSA) is 26.0 Å². The standard InChI is InChI=1S/C12H21N/c1-8-4-5-12(7-8)10-3-2-9(6-10)11(12)13/h8-11H,2-7,13H2,1H3/t8-,9+,10-,11+,12+/m1/s1. The van der Waals surface area contributed by atoms with Crippen molar-refractivity contribution in [2.45, 2.75) is 51.5 Å². The molecule has 0 unspecified atom stereocenters. The van der Waals surface area contributed by atoms with Gasteiger partial charge in [0.2, 0.25) is 0 Å². The second-order valence-corrected chi connectivity index (χ2v) is 5.88. The van der Waals surface area contributed by atoms with E-state index >= 15 is 0 Å². The van der Waals surface area contributed by atoms with Crippen LogP contribution in [0.3, 0.4) is 0 Å². The SMILES string of the molecule is C[C@@H]1CC[C@]2(C1)[C@@H]1CC[C@@H](C1)[C@@H]2N. The quantitative estimate of drug-likeness (QED) is 0.607. The van der Waals surface area contributed by atoms with E-state index in [9.17, 15) is 0 Å². The number of fused-ring (bicyclic) bond motifs is 3. The summed E-state index contributed by atoms with van der Waals surface area (Å²) in [6.07, 6.45) is 8.71. The first-order valence-corrected chi connectivity index (χ1v) is 5.98. The second-order valence-electron chi connectivity index (χ2n) is 5.88. The summed E-state index contributed by atoms with van der Waals surface area (Å²) in [7, 11) is 0. The van der Waals surface area contributed by atoms with Gasteiger partial charge in [0.15, 0.2) is 0 Å². The highest BCUT2D eigenvalue weighted by molar-refractivity contribution is 5.10. The van der Waals surface area contributed by atoms with Crippen LogP contribution in [0.1, 0.15) is 45.4 Å². The normalized spacial score (nSPS) is 59.5. The molecule has 3 rings (SSSR count). The first kappa shape index (κ1) is 8.28. The van der Waals surface area contributed by atoms with Crippen LogP contribution in [0.4, 0.5) is 0 Å². The fourth-order valence-corrected chi connectivity index (χ4v) is 4.65. The summed E-state index contributed by atoms with van der Waals surface area (Å²) in [6.45, 7) is 2.41. The van der Waals surface area contributed by atoms with E-state index < -0.39 is 0 Å². The van der Waals surface area contributed by atoms with Gasteiger partial charge in [-0.3, -0.25) is 0 Å². The summed E-state index contributed by atoms with van der Waals surface area (Å²) in [5.41, 5.74) is 7.04. The summed E-state index contributed by atoms with van der Waals surface area (Å²) >= 11 is 0. The first-order chi connectivity index (χ1) is 6.22. The van der Waals surface area contributed by atoms with Gasteiger partial charge in [0, 0.05) is 6.04 Å². The number of rotatable bonds is 0. The van der Waals surface area contributed by atoms with Crippen LogP contribution in [0.25, 0.3) is 0 Å². The Morgan fingerprint density at radius 3 is 2.62 bits per heavy atom. The second kappa shape index (κ2) is 2.50. The first-order valence-electron chi connectivity index (χ1n) is 5.98. The minimum Gasteiger partial charge on any atom is -0.327 e. The predicted molar refractivity (Wildman–Crippen MR) is 54.3 cm³/mol. The molecule has 0 aromatic carbocycles. The molecule has 0 aromatic rings. The van der Waals surface area contributed by atoms with Gasteiger partial charge in [-0.1, -0.05) is 13.3 Å². The summed E-state index contributed by atoms with van der Waals surface area (Å²) in [5, 5.41) is 0. The molecule has 0 heterocycles. The molecule has 3 aliphatic rings. The van der Waals surface area contributed by atoms with E-state index in [1.165, 1.54) is 38.5 Å². The highest BCUT2D eigenvalue weighted by Gasteiger charge is 2.58. The lowest BCUT2D eigenvalue weighted by atomic mass is 9.68. The molecule has 0 saturated heterocycles. The van der Waals surface area contributed by atoms with Crippen molar-refractivity contribution in [3.63, 3.8) is 0 Å². The maximum atomic E-state index is 6.42. The van der Waals surface area contributed by atoms with Crippen molar-refractivity contribution in [1.82, 2.24) is 0 Å². The zero-order chi connectivity index (χ0) is 9.05. The molecule has 0 aromatic heterocycles. The minimum atomic E-state index is 0.566. The van der Waals surface area contributed by atoms with Crippen molar-refractivity contribution in [2.24, 2.45) is 28.9 Å². The van der Waals surface area contributed by atoms with Crippen molar-refractivity contribution in [3.8, 4) is 0 Å². The lowest BCUT2D eigenvalue weighted by Crippen LogP contribution is -2.44. The van der Waals surface area contributed by atoms with E-state index in [2.05, 4.69) is 6.92 Å². The number of hydrogen-bond donors (Lipinski definition) is 1. The molecule has 74 valence electrons. The Morgan fingerprint density at radius 2 is 2.08 bits per heavy atom. The van der Waals surface area contributed by atoms with Gasteiger partial charge in [-0.15, -0.1) is 0 Å². The Bertz CT molecular complexity index is 221. The third-order valence-electron chi connectivity index (χ3n) is 5.29. The molecular weight excluding hydrogens is 158 g/mol. The smallest absolute Gasteiger partial charge is 0.0127 e. The predicted octanol–water partition coefficient (Wildman–Crippen LogP) is 2.55. The molecule has 2 N–H and O–H groups in total. The van der Waals surface area contributed by atoms with Crippen LogP contribution in [0, 0.1) is 23.2 Å². The molecule has 0 radical (unpaired) electrons. The molecule has 1 nitrogen and oxygen atoms in total. The van der Waals surface area contributed by atoms with Crippen molar-refractivity contribution >= 4 is 0 Å². The highest BCUT2D eigenvalue weighted by Crippen LogP contribution is 2.62. The summed E-state index contributed by atoms with van der Waals surface area (Å²) in [4.78, 5) is 0. The largest absolute Gasteiger partial charge is 0.327 e. The van der Waals surface area contributed by atoms with Crippen molar-refractivity contribution in [1.29, 1.82) is 0 Å². The fraction of sp³-hybridized carbons (Fsp3) is 1.00. The average molecular weight is 179 g/mol. The molecule has 0 aliphatic heterocycles. The van der Waals surface area contributed by atoms with E-state index in [-0.39, 0.29) is 0 Å². The van der Waals surface area contributed by atoms with Gasteiger partial charge >= 0.3 is 0 Å². The molecule has 0 amide bonds. The Hall–Kier alpha value is -0.0400. The summed E-state index contributed by atoms with van der Waals surface area (Å²) in [5.74, 6) is 2.86. The molecule has 1 heteroatoms. The Labute approximate surface area is 81.1 Å². The molecule has 2 bridgehead atoms. The monoisotopic (exact) mass is 179 g/mol. The van der Waals surface area contributed by atoms with Crippen LogP contribution in [0.5, 0.6) is 0 Å². The number of hydrogen-bond acceptors (Lipinski definition) is 1. The van der Waals surface area contributed by atoms with Gasteiger partial charge in [-0.2, -0.15) is 0 Å². The molecule has 5 atom stereocenters. The van der Waals surface area contributed by atoms with Gasteiger partial charge in [0.1, 0.15) is 0 Å². The fourth-order valence-electron chi connectivity index (χ4n) is 4.65. The van der Waals surface area contributed by atoms with E-state index in [1.807, 2.05) is 0 Å². The molecule has 13 heavy (non-hydrogen) atoms. The summed E-state index contributed by atoms with van der Waals surface area (Å²) in [6, 6.07) is 0.566. The minimum absolute atomic E-state index is 0.566. The summed E-state index contributed by atoms with van der Waals surface area (Å²) < 4.78 is 0. The van der Waals surface area contributed by atoms with Crippen LogP contribution in [0.2, 0.25) is 0 Å². The van der Waals surface area contributed by atoms with Crippen LogP contribution in [-0.2, 0) is 0 Å². The Kier molecular flexibility index (Phi) is 1.59. The molecular formula is C12H21N. The van der Waals surface area contributed by atoms with E-state index in [0.29, 0.717) is 11.5 Å². The lowest BCUT2D eigenvalue weighted by molar-refractivity contribution is 0.134. The molecule has 3 saturated carbocycles. The van der Waals surface area contributed by atoms with Gasteiger partial charge < -0.3 is 5.73 Å². The van der Waals surface area contributed by atoms with E-state index in [1.54, 1.807) is 0 Å². The molecule has 3 aliphatic carbocycles. The third-order valence-corrected chi connectivity index (χ3v) is 5.29. The van der Waals surface area contributed by atoms with Gasteiger partial charge in [-0.05, 0) is 55.3 Å². The van der Waals surface area contributed by atoms with E-state index in [4.69, 9.17) is 5.73 Å². The van der Waals surface area contributed by atoms with Crippen molar-refractivity contribution < 1.29 is 0 Å². The van der Waals surface area contributed by atoms with Gasteiger partial charge in [0.05, 0.1) is 0 Å². The van der Waals surface area contributed by atoms with Crippen LogP contribution in [-0.4, -0.2) is 6.04 Å². The number of nitrogens with two attached hydrogens (primary N) is 1. The zero-order valence-corrected chi connectivity index (χ0v) is 8.63. The average Bonchev–Trinajstić information content (AvgIpc) is 2.73. The van der Waals surface area contributed by atoms with Gasteiger partial charge in [0.25, 0.3) is 0 Å². The van der Waals surface area contributed by atoms with Crippen molar-refractivity contribution in [3.05, 3.63) is 0 Å². The maximum Gasteiger partial charge on any atom is 0.0127 e. The van der Waals surface area contributed by atoms with Crippen molar-refractivity contribution in [2.75, 3.05) is 0 Å². The van der Waals surface area contributed by atoms with Crippen LogP contribution < -0.4 is 5.73 Å². The Balaban J connectivity index is 1.90. The van der Waals surface area contributed by atoms with Crippen LogP contribution in [0.15, 0.2) is 0 Å². The van der Waals surface area contributed by atoms with Crippen LogP contribution >= 0.6 is 0 Å².